The standard InChI is InChI=1S/C2H6O.ClH.Gd/c1-2-3;;/h3H,2H2,1H3;1H;/q;;+1/p-1. The number of halogens is 1. The van der Waals surface area contributed by atoms with Gasteiger partial charge in [0.25, 0.3) is 0 Å². The molecule has 0 amide bonds. The molecule has 0 radical (unpaired) electrons. The van der Waals surface area contributed by atoms with Crippen LogP contribution in [-0.2, 0) is 0 Å². The van der Waals surface area contributed by atoms with E-state index in [0.717, 1.165) is 0 Å². The van der Waals surface area contributed by atoms with Crippen LogP contribution in [-0.4, -0.2) is 11.7 Å². The molecule has 0 aromatic carbocycles. The number of hydrogen-bond acceptors (Lipinski definition) is 1. The van der Waals surface area contributed by atoms with E-state index in [9.17, 15) is 0 Å². The van der Waals surface area contributed by atoms with E-state index in [2.05, 4.69) is 5.97 Å². The van der Waals surface area contributed by atoms with E-state index in [0.29, 0.717) is 0 Å². The Morgan fingerprint density at radius 1 is 1.80 bits per heavy atom. The Bertz CT molecular complexity index is 9.61. The van der Waals surface area contributed by atoms with E-state index < -0.39 is 0 Å². The second kappa shape index (κ2) is 17.6. The van der Waals surface area contributed by atoms with Crippen molar-refractivity contribution in [3.8, 4) is 0 Å². The molecule has 0 fully saturated rings. The van der Waals surface area contributed by atoms with Gasteiger partial charge in [-0.3, -0.25) is 0 Å². The molecule has 0 heterocycles. The summed E-state index contributed by atoms with van der Waals surface area (Å²) < 4.78 is 0. The average Bonchev–Trinajstić information content (AvgIpc) is 1.46. The average molecular weight is 239 g/mol. The quantitative estimate of drug-likeness (QED) is 0.659. The van der Waals surface area contributed by atoms with Crippen molar-refractivity contribution in [2.24, 2.45) is 0 Å². The minimum absolute atomic E-state index is 0.250. The Morgan fingerprint density at radius 2 is 1.80 bits per heavy atom. The Morgan fingerprint density at radius 3 is 1.80 bits per heavy atom. The van der Waals surface area contributed by atoms with Gasteiger partial charge in [0.2, 0.25) is 0 Å². The number of hydrogen-bond donors (Lipinski definition) is 1. The van der Waals surface area contributed by atoms with Crippen LogP contribution in [0.4, 0.5) is 0 Å². The molecule has 0 aromatic rings. The van der Waals surface area contributed by atoms with Crippen molar-refractivity contribution >= 4 is 5.97 Å². The maximum absolute atomic E-state index is 7.57. The summed E-state index contributed by atoms with van der Waals surface area (Å²) >= 11 is 1.33. The number of rotatable bonds is 0. The van der Waals surface area contributed by atoms with Crippen LogP contribution >= 0.6 is 5.97 Å². The van der Waals surface area contributed by atoms with Gasteiger partial charge in [-0.2, -0.15) is 0 Å². The topological polar surface area (TPSA) is 20.2 Å². The molecule has 3 heteroatoms. The van der Waals surface area contributed by atoms with E-state index >= 15 is 0 Å². The fraction of sp³-hybridized carbons (Fsp3) is 1.00. The first-order valence-corrected chi connectivity index (χ1v) is 4.00. The van der Waals surface area contributed by atoms with Crippen LogP contribution in [0.2, 0.25) is 0 Å². The summed E-state index contributed by atoms with van der Waals surface area (Å²) in [6.45, 7) is 1.93. The van der Waals surface area contributed by atoms with Crippen LogP contribution in [0.5, 0.6) is 0 Å². The fourth-order valence-corrected chi connectivity index (χ4v) is 0. The SMILES string of the molecule is CCO.[Cl][Gd]. The zero-order chi connectivity index (χ0) is 4.71. The van der Waals surface area contributed by atoms with Gasteiger partial charge in [-0.15, -0.1) is 0 Å². The van der Waals surface area contributed by atoms with Gasteiger partial charge in [-0.05, 0) is 6.92 Å². The van der Waals surface area contributed by atoms with E-state index in [1.807, 2.05) is 0 Å². The van der Waals surface area contributed by atoms with E-state index in [1.165, 1.54) is 36.4 Å². The summed E-state index contributed by atoms with van der Waals surface area (Å²) in [6, 6.07) is 0. The molecule has 0 rings (SSSR count). The van der Waals surface area contributed by atoms with Crippen LogP contribution in [0, 0.1) is 36.4 Å². The molecule has 0 atom stereocenters. The summed E-state index contributed by atoms with van der Waals surface area (Å²) in [5.74, 6) is 4.67. The zero-order valence-electron chi connectivity index (χ0n) is 2.89. The Hall–Kier alpha value is 1.57. The van der Waals surface area contributed by atoms with Crippen molar-refractivity contribution in [2.75, 3.05) is 6.61 Å². The second-order valence-corrected chi connectivity index (χ2v) is 0.316. The van der Waals surface area contributed by atoms with Gasteiger partial charge in [0.15, 0.2) is 0 Å². The molecule has 0 aliphatic heterocycles. The predicted molar refractivity (Wildman–Crippen MR) is 18.6 cm³/mol. The zero-order valence-corrected chi connectivity index (χ0v) is 5.91. The minimum atomic E-state index is 0.250. The molecule has 0 aromatic heterocycles. The Balaban J connectivity index is 0. The van der Waals surface area contributed by atoms with Crippen LogP contribution in [0.1, 0.15) is 6.92 Å². The van der Waals surface area contributed by atoms with Gasteiger partial charge in [-0.25, -0.2) is 0 Å². The van der Waals surface area contributed by atoms with Crippen LogP contribution < -0.4 is 0 Å². The van der Waals surface area contributed by atoms with E-state index in [1.54, 1.807) is 6.92 Å². The van der Waals surface area contributed by atoms with Crippen molar-refractivity contribution in [1.82, 2.24) is 0 Å². The summed E-state index contributed by atoms with van der Waals surface area (Å²) in [7, 11) is 0. The van der Waals surface area contributed by atoms with Crippen LogP contribution in [0.3, 0.4) is 0 Å². The molecule has 0 saturated carbocycles. The van der Waals surface area contributed by atoms with Gasteiger partial charge in [0, 0.05) is 6.61 Å². The molecule has 0 aliphatic carbocycles. The van der Waals surface area contributed by atoms with Gasteiger partial charge >= 0.3 is 42.3 Å². The van der Waals surface area contributed by atoms with E-state index in [-0.39, 0.29) is 6.61 Å². The monoisotopic (exact) mass is 239 g/mol. The maximum atomic E-state index is 7.57. The molecular formula is C2H6ClGdO. The molecule has 0 aliphatic rings. The third kappa shape index (κ3) is 28.7. The van der Waals surface area contributed by atoms with Gasteiger partial charge in [0.1, 0.15) is 0 Å². The van der Waals surface area contributed by atoms with Crippen molar-refractivity contribution in [2.45, 2.75) is 6.92 Å². The molecule has 35 valence electrons. The summed E-state index contributed by atoms with van der Waals surface area (Å²) in [4.78, 5) is 0. The first kappa shape index (κ1) is 9.76. The van der Waals surface area contributed by atoms with Gasteiger partial charge in [-0.1, -0.05) is 0 Å². The molecule has 0 spiro atoms. The third-order valence-electron chi connectivity index (χ3n) is 0. The first-order chi connectivity index (χ1) is 2.41. The molecular weight excluding hydrogens is 233 g/mol. The van der Waals surface area contributed by atoms with Crippen molar-refractivity contribution in [1.29, 1.82) is 0 Å². The number of aliphatic hydroxyl groups is 1. The van der Waals surface area contributed by atoms with Gasteiger partial charge < -0.3 is 5.11 Å². The second-order valence-electron chi connectivity index (χ2n) is 0.316. The first-order valence-electron chi connectivity index (χ1n) is 1.16. The molecule has 0 saturated heterocycles. The van der Waals surface area contributed by atoms with E-state index in [4.69, 9.17) is 5.11 Å². The van der Waals surface area contributed by atoms with Crippen molar-refractivity contribution < 1.29 is 41.5 Å². The molecule has 0 bridgehead atoms. The molecule has 5 heavy (non-hydrogen) atoms. The Labute approximate surface area is 60.2 Å². The molecule has 1 nitrogen and oxygen atoms in total. The normalized spacial score (nSPS) is 4.80. The summed E-state index contributed by atoms with van der Waals surface area (Å²) in [6.07, 6.45) is 0. The molecule has 1 N–H and O–H groups in total. The summed E-state index contributed by atoms with van der Waals surface area (Å²) in [5, 5.41) is 7.57. The van der Waals surface area contributed by atoms with Crippen LogP contribution in [0.25, 0.3) is 0 Å². The predicted octanol–water partition coefficient (Wildman–Crippen LogP) is 0.688. The number of aliphatic hydroxyl groups excluding tert-OH is 1. The van der Waals surface area contributed by atoms with Crippen LogP contribution in [0.15, 0.2) is 0 Å². The van der Waals surface area contributed by atoms with Crippen molar-refractivity contribution in [3.05, 3.63) is 0 Å². The van der Waals surface area contributed by atoms with Crippen molar-refractivity contribution in [3.63, 3.8) is 0 Å². The molecule has 0 unspecified atom stereocenters. The van der Waals surface area contributed by atoms with Gasteiger partial charge in [0.05, 0.1) is 0 Å². The third-order valence-corrected chi connectivity index (χ3v) is 0. The summed E-state index contributed by atoms with van der Waals surface area (Å²) in [5.41, 5.74) is 0. The Kier molecular flexibility index (Phi) is 34.4. The fourth-order valence-electron chi connectivity index (χ4n) is 0.